The van der Waals surface area contributed by atoms with Crippen LogP contribution in [0, 0.1) is 19.3 Å². The highest BCUT2D eigenvalue weighted by atomic mass is 16.2. The Kier molecular flexibility index (Phi) is 4.49. The summed E-state index contributed by atoms with van der Waals surface area (Å²) in [6, 6.07) is 2.02. The summed E-state index contributed by atoms with van der Waals surface area (Å²) >= 11 is 0. The van der Waals surface area contributed by atoms with E-state index in [2.05, 4.69) is 15.0 Å². The summed E-state index contributed by atoms with van der Waals surface area (Å²) in [5.74, 6) is 1.75. The van der Waals surface area contributed by atoms with Crippen molar-refractivity contribution in [1.82, 2.24) is 24.6 Å². The molecule has 25 heavy (non-hydrogen) atoms. The number of piperazine rings is 1. The van der Waals surface area contributed by atoms with Crippen molar-refractivity contribution >= 4 is 11.7 Å². The smallest absolute Gasteiger partial charge is 0.228 e. The third-order valence-corrected chi connectivity index (χ3v) is 4.37. The van der Waals surface area contributed by atoms with Crippen molar-refractivity contribution < 1.29 is 4.79 Å². The predicted octanol–water partition coefficient (Wildman–Crippen LogP) is 1.97. The SMILES string of the molecule is Cc1cc(C)n(-c2cncc(N3CCN(C(=O)C(C)(C)C)CC3)n2)n1. The Bertz CT molecular complexity index is 768. The topological polar surface area (TPSA) is 67.2 Å². The Labute approximate surface area is 148 Å². The summed E-state index contributed by atoms with van der Waals surface area (Å²) in [5, 5.41) is 4.47. The Morgan fingerprint density at radius 2 is 1.68 bits per heavy atom. The van der Waals surface area contributed by atoms with Crippen molar-refractivity contribution in [3.05, 3.63) is 29.8 Å². The standard InChI is InChI=1S/C18H26N6O/c1-13-10-14(2)24(21-13)16-12-19-11-15(20-16)22-6-8-23(9-7-22)17(25)18(3,4)5/h10-12H,6-9H2,1-5H3. The fourth-order valence-electron chi connectivity index (χ4n) is 3.07. The van der Waals surface area contributed by atoms with Crippen LogP contribution >= 0.6 is 0 Å². The molecule has 2 aromatic rings. The van der Waals surface area contributed by atoms with E-state index in [1.807, 2.05) is 50.3 Å². The van der Waals surface area contributed by atoms with Gasteiger partial charge in [0.05, 0.1) is 18.1 Å². The molecule has 7 nitrogen and oxygen atoms in total. The monoisotopic (exact) mass is 342 g/mol. The number of amides is 1. The van der Waals surface area contributed by atoms with Crippen LogP contribution in [0.25, 0.3) is 5.82 Å². The van der Waals surface area contributed by atoms with Gasteiger partial charge in [-0.2, -0.15) is 5.10 Å². The molecule has 3 rings (SSSR count). The van der Waals surface area contributed by atoms with Gasteiger partial charge in [0.25, 0.3) is 0 Å². The molecule has 3 heterocycles. The molecule has 1 aliphatic heterocycles. The molecule has 2 aromatic heterocycles. The third kappa shape index (κ3) is 3.65. The molecule has 0 radical (unpaired) electrons. The van der Waals surface area contributed by atoms with E-state index in [0.717, 1.165) is 36.1 Å². The first-order valence-electron chi connectivity index (χ1n) is 8.66. The van der Waals surface area contributed by atoms with E-state index in [9.17, 15) is 4.79 Å². The molecule has 0 unspecified atom stereocenters. The number of anilines is 1. The molecular weight excluding hydrogens is 316 g/mol. The van der Waals surface area contributed by atoms with E-state index < -0.39 is 0 Å². The molecule has 0 N–H and O–H groups in total. The van der Waals surface area contributed by atoms with Crippen molar-refractivity contribution in [1.29, 1.82) is 0 Å². The van der Waals surface area contributed by atoms with Crippen LogP contribution in [0.5, 0.6) is 0 Å². The van der Waals surface area contributed by atoms with Crippen molar-refractivity contribution in [2.45, 2.75) is 34.6 Å². The third-order valence-electron chi connectivity index (χ3n) is 4.37. The van der Waals surface area contributed by atoms with Crippen LogP contribution in [0.2, 0.25) is 0 Å². The minimum absolute atomic E-state index is 0.203. The zero-order valence-corrected chi connectivity index (χ0v) is 15.7. The van der Waals surface area contributed by atoms with Crippen molar-refractivity contribution in [3.63, 3.8) is 0 Å². The second-order valence-corrected chi connectivity index (χ2v) is 7.60. The number of aromatic nitrogens is 4. The number of aryl methyl sites for hydroxylation is 2. The molecule has 0 saturated carbocycles. The number of rotatable bonds is 2. The molecule has 0 atom stereocenters. The molecule has 134 valence electrons. The summed E-state index contributed by atoms with van der Waals surface area (Å²) in [5.41, 5.74) is 1.65. The molecule has 0 spiro atoms. The average Bonchev–Trinajstić information content (AvgIpc) is 2.92. The maximum absolute atomic E-state index is 12.4. The summed E-state index contributed by atoms with van der Waals surface area (Å²) < 4.78 is 1.81. The van der Waals surface area contributed by atoms with E-state index in [1.165, 1.54) is 0 Å². The molecule has 1 amide bonds. The van der Waals surface area contributed by atoms with Crippen LogP contribution in [0.3, 0.4) is 0 Å². The molecule has 0 bridgehead atoms. The number of hydrogen-bond acceptors (Lipinski definition) is 5. The first kappa shape index (κ1) is 17.4. The highest BCUT2D eigenvalue weighted by Crippen LogP contribution is 2.21. The largest absolute Gasteiger partial charge is 0.352 e. The Morgan fingerprint density at radius 1 is 1.04 bits per heavy atom. The summed E-state index contributed by atoms with van der Waals surface area (Å²) in [6.45, 7) is 12.8. The normalized spacial score (nSPS) is 15.6. The fourth-order valence-corrected chi connectivity index (χ4v) is 3.07. The van der Waals surface area contributed by atoms with Gasteiger partial charge in [-0.25, -0.2) is 9.67 Å². The van der Waals surface area contributed by atoms with Gasteiger partial charge in [-0.3, -0.25) is 9.78 Å². The van der Waals surface area contributed by atoms with Gasteiger partial charge in [-0.15, -0.1) is 0 Å². The first-order valence-corrected chi connectivity index (χ1v) is 8.66. The van der Waals surface area contributed by atoms with Gasteiger partial charge in [-0.05, 0) is 19.9 Å². The molecular formula is C18H26N6O. The summed E-state index contributed by atoms with van der Waals surface area (Å²) in [4.78, 5) is 25.6. The van der Waals surface area contributed by atoms with Gasteiger partial charge in [0.15, 0.2) is 5.82 Å². The van der Waals surface area contributed by atoms with Crippen LogP contribution in [-0.2, 0) is 4.79 Å². The lowest BCUT2D eigenvalue weighted by molar-refractivity contribution is -0.139. The van der Waals surface area contributed by atoms with Gasteiger partial charge < -0.3 is 9.80 Å². The Balaban J connectivity index is 1.73. The lowest BCUT2D eigenvalue weighted by atomic mass is 9.94. The first-order chi connectivity index (χ1) is 11.8. The highest BCUT2D eigenvalue weighted by molar-refractivity contribution is 5.81. The second kappa shape index (κ2) is 6.46. The molecule has 0 aromatic carbocycles. The van der Waals surface area contributed by atoms with E-state index in [1.54, 1.807) is 12.4 Å². The lowest BCUT2D eigenvalue weighted by Gasteiger charge is -2.38. The van der Waals surface area contributed by atoms with Crippen LogP contribution in [-0.4, -0.2) is 56.7 Å². The fraction of sp³-hybridized carbons (Fsp3) is 0.556. The van der Waals surface area contributed by atoms with E-state index in [-0.39, 0.29) is 11.3 Å². The average molecular weight is 342 g/mol. The van der Waals surface area contributed by atoms with Gasteiger partial charge in [0, 0.05) is 37.3 Å². The molecule has 0 aliphatic carbocycles. The number of hydrogen-bond donors (Lipinski definition) is 0. The predicted molar refractivity (Wildman–Crippen MR) is 96.9 cm³/mol. The molecule has 7 heteroatoms. The molecule has 1 aliphatic rings. The van der Waals surface area contributed by atoms with Gasteiger partial charge in [-0.1, -0.05) is 20.8 Å². The highest BCUT2D eigenvalue weighted by Gasteiger charge is 2.30. The van der Waals surface area contributed by atoms with Gasteiger partial charge in [0.2, 0.25) is 5.91 Å². The summed E-state index contributed by atoms with van der Waals surface area (Å²) in [6.07, 6.45) is 3.50. The number of carbonyl (C=O) groups excluding carboxylic acids is 1. The van der Waals surface area contributed by atoms with Gasteiger partial charge in [0.1, 0.15) is 5.82 Å². The second-order valence-electron chi connectivity index (χ2n) is 7.60. The van der Waals surface area contributed by atoms with Crippen molar-refractivity contribution in [2.75, 3.05) is 31.1 Å². The lowest BCUT2D eigenvalue weighted by Crippen LogP contribution is -2.51. The zero-order valence-electron chi connectivity index (χ0n) is 15.7. The number of nitrogens with zero attached hydrogens (tertiary/aromatic N) is 6. The van der Waals surface area contributed by atoms with Crippen LogP contribution in [0.15, 0.2) is 18.5 Å². The van der Waals surface area contributed by atoms with Crippen LogP contribution < -0.4 is 4.90 Å². The minimum atomic E-state index is -0.336. The Hall–Kier alpha value is -2.44. The molecule has 1 saturated heterocycles. The Morgan fingerprint density at radius 3 is 2.24 bits per heavy atom. The van der Waals surface area contributed by atoms with Crippen LogP contribution in [0.4, 0.5) is 5.82 Å². The van der Waals surface area contributed by atoms with Crippen LogP contribution in [0.1, 0.15) is 32.2 Å². The zero-order chi connectivity index (χ0) is 18.2. The summed E-state index contributed by atoms with van der Waals surface area (Å²) in [7, 11) is 0. The number of carbonyl (C=O) groups is 1. The van der Waals surface area contributed by atoms with E-state index in [0.29, 0.717) is 13.1 Å². The minimum Gasteiger partial charge on any atom is -0.352 e. The van der Waals surface area contributed by atoms with Crippen molar-refractivity contribution in [2.24, 2.45) is 5.41 Å². The maximum atomic E-state index is 12.4. The quantitative estimate of drug-likeness (QED) is 0.835. The van der Waals surface area contributed by atoms with E-state index >= 15 is 0 Å². The maximum Gasteiger partial charge on any atom is 0.228 e. The molecule has 1 fully saturated rings. The van der Waals surface area contributed by atoms with Crippen molar-refractivity contribution in [3.8, 4) is 5.82 Å². The van der Waals surface area contributed by atoms with Gasteiger partial charge >= 0.3 is 0 Å². The van der Waals surface area contributed by atoms with E-state index in [4.69, 9.17) is 4.98 Å².